The number of nitrogens with zero attached hydrogens (tertiary/aromatic N) is 6. The minimum atomic E-state index is -4.67. The third-order valence-corrected chi connectivity index (χ3v) is 6.70. The number of sulfonamides is 1. The van der Waals surface area contributed by atoms with Gasteiger partial charge in [0.1, 0.15) is 16.4 Å². The highest BCUT2D eigenvalue weighted by molar-refractivity contribution is 7.89. The van der Waals surface area contributed by atoms with Crippen LogP contribution in [0.1, 0.15) is 35.4 Å². The number of hydrogen-bond donors (Lipinski definition) is 0. The van der Waals surface area contributed by atoms with Crippen molar-refractivity contribution in [2.75, 3.05) is 13.0 Å². The number of aromatic nitrogens is 5. The Hall–Kier alpha value is -2.04. The molecule has 1 aliphatic rings. The van der Waals surface area contributed by atoms with Crippen molar-refractivity contribution < 1.29 is 18.3 Å². The summed E-state index contributed by atoms with van der Waals surface area (Å²) in [7, 11) is -3.26. The Morgan fingerprint density at radius 1 is 1.33 bits per heavy atom. The minimum Gasteiger partial charge on any atom is -0.256 e. The Kier molecular flexibility index (Phi) is 3.40. The van der Waals surface area contributed by atoms with E-state index in [9.17, 15) is 12.8 Å². The maximum atomic E-state index is 14.7. The summed E-state index contributed by atoms with van der Waals surface area (Å²) in [6, 6.07) is 0. The molecule has 8 nitrogen and oxygen atoms in total. The van der Waals surface area contributed by atoms with E-state index in [1.165, 1.54) is 31.0 Å². The molecule has 0 amide bonds. The largest absolute Gasteiger partial charge is 0.256 e. The Labute approximate surface area is 166 Å². The number of aryl methyl sites for hydroxylation is 1. The maximum Gasteiger partial charge on any atom is 0.247 e. The minimum absolute atomic E-state index is 0.00139. The van der Waals surface area contributed by atoms with E-state index in [-0.39, 0.29) is 20.7 Å². The number of piperidine rings is 1. The first kappa shape index (κ1) is 14.0. The first-order valence-electron chi connectivity index (χ1n) is 9.99. The van der Waals surface area contributed by atoms with Gasteiger partial charge >= 0.3 is 0 Å². The van der Waals surface area contributed by atoms with Crippen LogP contribution in [0.4, 0.5) is 4.39 Å². The van der Waals surface area contributed by atoms with E-state index in [2.05, 4.69) is 15.2 Å². The molecule has 1 fully saturated rings. The number of hydrogen-bond acceptors (Lipinski definition) is 5. The van der Waals surface area contributed by atoms with Crippen LogP contribution in [0, 0.1) is 12.7 Å². The predicted octanol–water partition coefficient (Wildman–Crippen LogP) is 2.13. The van der Waals surface area contributed by atoms with E-state index in [1.54, 1.807) is 0 Å². The molecule has 0 saturated carbocycles. The van der Waals surface area contributed by atoms with E-state index >= 15 is 0 Å². The summed E-state index contributed by atoms with van der Waals surface area (Å²) in [5.74, 6) is -1.46. The lowest BCUT2D eigenvalue weighted by Crippen LogP contribution is -2.38. The molecule has 0 spiro atoms. The van der Waals surface area contributed by atoms with Gasteiger partial charge in [-0.2, -0.15) is 14.5 Å². The van der Waals surface area contributed by atoms with Gasteiger partial charge in [-0.1, -0.05) is 11.6 Å². The van der Waals surface area contributed by atoms with Crippen LogP contribution in [-0.2, 0) is 17.1 Å². The number of fused-ring (bicyclic) bond motifs is 1. The third kappa shape index (κ3) is 2.91. The van der Waals surface area contributed by atoms with Gasteiger partial charge in [-0.25, -0.2) is 22.3 Å². The first-order valence-corrected chi connectivity index (χ1v) is 9.80. The average Bonchev–Trinajstić information content (AvgIpc) is 3.23. The van der Waals surface area contributed by atoms with Crippen molar-refractivity contribution in [2.24, 2.45) is 7.05 Å². The van der Waals surface area contributed by atoms with Crippen LogP contribution >= 0.6 is 11.6 Å². The number of rotatable bonds is 3. The smallest absolute Gasteiger partial charge is 0.247 e. The van der Waals surface area contributed by atoms with Crippen LogP contribution in [0.15, 0.2) is 23.6 Å². The van der Waals surface area contributed by atoms with Crippen LogP contribution in [0.3, 0.4) is 0 Å². The molecule has 11 heteroatoms. The summed E-state index contributed by atoms with van der Waals surface area (Å²) in [6.45, 7) is -3.78. The second-order valence-corrected chi connectivity index (χ2v) is 8.28. The molecule has 0 atom stereocenters. The Morgan fingerprint density at radius 2 is 2.04 bits per heavy atom. The zero-order chi connectivity index (χ0) is 22.9. The standard InChI is InChI=1S/C16H18ClFN6O2S/c1-10-12(8-24-16(14(10)18)19-9-21-24)11-3-5-23(6-4-11)27(25,26)13-7-20-22(2)15(13)17/h7-9,11H,3-6H2,1-2H3/i5D2,6D2. The topological polar surface area (TPSA) is 85.4 Å². The number of halogens is 2. The molecular formula is C16H18ClFN6O2S. The summed E-state index contributed by atoms with van der Waals surface area (Å²) >= 11 is 6.00. The van der Waals surface area contributed by atoms with Gasteiger partial charge in [0.15, 0.2) is 11.5 Å². The van der Waals surface area contributed by atoms with Gasteiger partial charge in [-0.15, -0.1) is 0 Å². The van der Waals surface area contributed by atoms with Crippen molar-refractivity contribution in [3.05, 3.63) is 40.8 Å². The molecule has 0 aromatic carbocycles. The fraction of sp³-hybridized carbons (Fsp3) is 0.438. The SMILES string of the molecule is [2H]C1([2H])CC(c2cn3ncnc3c(F)c2C)CC([2H])([2H])N1S(=O)(=O)c1cnn(C)c1Cl. The molecular weight excluding hydrogens is 395 g/mol. The fourth-order valence-corrected chi connectivity index (χ4v) is 4.61. The molecule has 27 heavy (non-hydrogen) atoms. The monoisotopic (exact) mass is 416 g/mol. The molecule has 4 heterocycles. The molecule has 0 unspecified atom stereocenters. The lowest BCUT2D eigenvalue weighted by molar-refractivity contribution is 0.318. The summed E-state index contributed by atoms with van der Waals surface area (Å²) in [4.78, 5) is 3.34. The highest BCUT2D eigenvalue weighted by Crippen LogP contribution is 2.34. The highest BCUT2D eigenvalue weighted by Gasteiger charge is 2.33. The van der Waals surface area contributed by atoms with Gasteiger partial charge in [0, 0.05) is 31.7 Å². The van der Waals surface area contributed by atoms with E-state index in [4.69, 9.17) is 17.1 Å². The first-order chi connectivity index (χ1) is 14.3. The summed E-state index contributed by atoms with van der Waals surface area (Å²) in [5, 5.41) is 7.40. The molecule has 144 valence electrons. The Balaban J connectivity index is 1.79. The van der Waals surface area contributed by atoms with Crippen molar-refractivity contribution in [1.82, 2.24) is 28.7 Å². The molecule has 1 saturated heterocycles. The highest BCUT2D eigenvalue weighted by atomic mass is 35.5. The molecule has 1 aliphatic heterocycles. The van der Waals surface area contributed by atoms with Crippen LogP contribution in [-0.4, -0.2) is 50.1 Å². The van der Waals surface area contributed by atoms with Gasteiger partial charge in [0.05, 0.1) is 6.20 Å². The molecule has 0 bridgehead atoms. The third-order valence-electron chi connectivity index (χ3n) is 4.55. The van der Waals surface area contributed by atoms with Crippen molar-refractivity contribution >= 4 is 27.3 Å². The second kappa shape index (κ2) is 6.54. The fourth-order valence-electron chi connectivity index (χ4n) is 3.01. The van der Waals surface area contributed by atoms with Crippen molar-refractivity contribution in [3.8, 4) is 0 Å². The van der Waals surface area contributed by atoms with E-state index in [1.807, 2.05) is 0 Å². The van der Waals surface area contributed by atoms with Crippen LogP contribution in [0.2, 0.25) is 5.15 Å². The number of pyridine rings is 1. The van der Waals surface area contributed by atoms with Gasteiger partial charge in [-0.3, -0.25) is 4.68 Å². The quantitative estimate of drug-likeness (QED) is 0.653. The lowest BCUT2D eigenvalue weighted by Gasteiger charge is -2.31. The van der Waals surface area contributed by atoms with Crippen LogP contribution in [0.5, 0.6) is 0 Å². The molecule has 3 aromatic rings. The zero-order valence-electron chi connectivity index (χ0n) is 18.4. The van der Waals surface area contributed by atoms with Crippen molar-refractivity contribution in [1.29, 1.82) is 0 Å². The molecule has 3 aromatic heterocycles. The van der Waals surface area contributed by atoms with Crippen LogP contribution < -0.4 is 0 Å². The van der Waals surface area contributed by atoms with E-state index in [0.29, 0.717) is 5.56 Å². The normalized spacial score (nSPS) is 23.0. The Morgan fingerprint density at radius 3 is 2.67 bits per heavy atom. The Bertz CT molecular complexity index is 1280. The van der Waals surface area contributed by atoms with E-state index < -0.39 is 52.5 Å². The summed E-state index contributed by atoms with van der Waals surface area (Å²) < 4.78 is 77.3. The molecule has 0 aliphatic carbocycles. The lowest BCUT2D eigenvalue weighted by atomic mass is 9.88. The second-order valence-electron chi connectivity index (χ2n) is 6.17. The average molecular weight is 417 g/mol. The molecule has 0 radical (unpaired) electrons. The molecule has 4 rings (SSSR count). The van der Waals surface area contributed by atoms with Gasteiger partial charge < -0.3 is 0 Å². The zero-order valence-corrected chi connectivity index (χ0v) is 16.0. The van der Waals surface area contributed by atoms with Crippen molar-refractivity contribution in [2.45, 2.75) is 30.6 Å². The maximum absolute atomic E-state index is 14.7. The predicted molar refractivity (Wildman–Crippen MR) is 96.6 cm³/mol. The van der Waals surface area contributed by atoms with Gasteiger partial charge in [-0.05, 0) is 36.8 Å². The van der Waals surface area contributed by atoms with E-state index in [0.717, 1.165) is 10.9 Å². The summed E-state index contributed by atoms with van der Waals surface area (Å²) in [6.07, 6.45) is 2.80. The van der Waals surface area contributed by atoms with Gasteiger partial charge in [0.2, 0.25) is 10.0 Å². The van der Waals surface area contributed by atoms with Crippen molar-refractivity contribution in [3.63, 3.8) is 0 Å². The van der Waals surface area contributed by atoms with Crippen LogP contribution in [0.25, 0.3) is 5.65 Å². The molecule has 0 N–H and O–H groups in total. The summed E-state index contributed by atoms with van der Waals surface area (Å²) in [5.41, 5.74) is 0.516. The van der Waals surface area contributed by atoms with Gasteiger partial charge in [0.25, 0.3) is 0 Å².